The Hall–Kier alpha value is -1.14. The maximum atomic E-state index is 12.0. The van der Waals surface area contributed by atoms with E-state index in [1.807, 2.05) is 23.9 Å². The lowest BCUT2D eigenvalue weighted by molar-refractivity contribution is -0.137. The molecule has 0 radical (unpaired) electrons. The summed E-state index contributed by atoms with van der Waals surface area (Å²) in [6.45, 7) is 2.23. The SMILES string of the molecule is CN(C)CCN(CCC(=O)O)CC(=O)NC1CCCC1. The zero-order chi connectivity index (χ0) is 15.0. The highest BCUT2D eigenvalue weighted by molar-refractivity contribution is 5.78. The van der Waals surface area contributed by atoms with Gasteiger partial charge in [-0.1, -0.05) is 12.8 Å². The molecule has 1 saturated carbocycles. The standard InChI is InChI=1S/C14H27N3O3/c1-16(2)9-10-17(8-7-14(19)20)11-13(18)15-12-5-3-4-6-12/h12H,3-11H2,1-2H3,(H,15,18)(H,19,20). The van der Waals surface area contributed by atoms with Crippen molar-refractivity contribution in [3.8, 4) is 0 Å². The van der Waals surface area contributed by atoms with Gasteiger partial charge in [0.1, 0.15) is 0 Å². The molecule has 0 aliphatic heterocycles. The highest BCUT2D eigenvalue weighted by atomic mass is 16.4. The van der Waals surface area contributed by atoms with E-state index in [1.165, 1.54) is 12.8 Å². The molecule has 2 N–H and O–H groups in total. The summed E-state index contributed by atoms with van der Waals surface area (Å²) in [5.41, 5.74) is 0. The fourth-order valence-electron chi connectivity index (χ4n) is 2.41. The van der Waals surface area contributed by atoms with Crippen LogP contribution in [-0.4, -0.2) is 73.1 Å². The molecule has 0 heterocycles. The van der Waals surface area contributed by atoms with Crippen molar-refractivity contribution in [2.75, 3.05) is 40.3 Å². The van der Waals surface area contributed by atoms with Gasteiger partial charge in [-0.2, -0.15) is 0 Å². The van der Waals surface area contributed by atoms with Gasteiger partial charge >= 0.3 is 5.97 Å². The Balaban J connectivity index is 2.35. The molecule has 1 aliphatic carbocycles. The number of nitrogens with one attached hydrogen (secondary N) is 1. The van der Waals surface area contributed by atoms with Crippen LogP contribution in [0.3, 0.4) is 0 Å². The van der Waals surface area contributed by atoms with Crippen molar-refractivity contribution >= 4 is 11.9 Å². The Bertz CT molecular complexity index is 315. The summed E-state index contributed by atoms with van der Waals surface area (Å²) in [5, 5.41) is 11.8. The molecule has 6 nitrogen and oxygen atoms in total. The highest BCUT2D eigenvalue weighted by Gasteiger charge is 2.19. The van der Waals surface area contributed by atoms with Crippen LogP contribution in [0.4, 0.5) is 0 Å². The summed E-state index contributed by atoms with van der Waals surface area (Å²) in [6, 6.07) is 0.317. The molecule has 1 fully saturated rings. The Kier molecular flexibility index (Phi) is 7.54. The Morgan fingerprint density at radius 1 is 1.15 bits per heavy atom. The number of nitrogens with zero attached hydrogens (tertiary/aromatic N) is 2. The Labute approximate surface area is 121 Å². The molecule has 0 spiro atoms. The van der Waals surface area contributed by atoms with Crippen LogP contribution >= 0.6 is 0 Å². The molecule has 0 saturated heterocycles. The van der Waals surface area contributed by atoms with Gasteiger partial charge in [-0.25, -0.2) is 0 Å². The van der Waals surface area contributed by atoms with Gasteiger partial charge in [-0.05, 0) is 26.9 Å². The Morgan fingerprint density at radius 3 is 2.35 bits per heavy atom. The lowest BCUT2D eigenvalue weighted by Gasteiger charge is -2.23. The number of carboxylic acids is 1. The number of hydrogen-bond acceptors (Lipinski definition) is 4. The van der Waals surface area contributed by atoms with Crippen LogP contribution in [0.1, 0.15) is 32.1 Å². The van der Waals surface area contributed by atoms with E-state index >= 15 is 0 Å². The molecule has 20 heavy (non-hydrogen) atoms. The first-order chi connectivity index (χ1) is 9.47. The van der Waals surface area contributed by atoms with Crippen molar-refractivity contribution in [2.45, 2.75) is 38.1 Å². The minimum atomic E-state index is -0.823. The predicted octanol–water partition coefficient (Wildman–Crippen LogP) is 0.384. The van der Waals surface area contributed by atoms with E-state index in [9.17, 15) is 9.59 Å². The second-order valence-corrected chi connectivity index (χ2v) is 5.77. The van der Waals surface area contributed by atoms with Crippen molar-refractivity contribution in [2.24, 2.45) is 0 Å². The first kappa shape index (κ1) is 16.9. The lowest BCUT2D eigenvalue weighted by Crippen LogP contribution is -2.43. The van der Waals surface area contributed by atoms with Crippen molar-refractivity contribution in [1.29, 1.82) is 0 Å². The number of hydrogen-bond donors (Lipinski definition) is 2. The van der Waals surface area contributed by atoms with Crippen molar-refractivity contribution in [3.05, 3.63) is 0 Å². The molecule has 6 heteroatoms. The molecule has 1 amide bonds. The van der Waals surface area contributed by atoms with Gasteiger partial charge in [-0.15, -0.1) is 0 Å². The van der Waals surface area contributed by atoms with E-state index in [2.05, 4.69) is 5.32 Å². The molecule has 0 aromatic rings. The van der Waals surface area contributed by atoms with Gasteiger partial charge in [-0.3, -0.25) is 14.5 Å². The number of aliphatic carboxylic acids is 1. The monoisotopic (exact) mass is 285 g/mol. The topological polar surface area (TPSA) is 72.9 Å². The summed E-state index contributed by atoms with van der Waals surface area (Å²) in [4.78, 5) is 26.6. The van der Waals surface area contributed by atoms with E-state index in [0.717, 1.165) is 19.4 Å². The maximum Gasteiger partial charge on any atom is 0.304 e. The van der Waals surface area contributed by atoms with Crippen LogP contribution in [0.25, 0.3) is 0 Å². The second kappa shape index (κ2) is 8.92. The Morgan fingerprint density at radius 2 is 1.80 bits per heavy atom. The van der Waals surface area contributed by atoms with Gasteiger partial charge in [0.25, 0.3) is 0 Å². The van der Waals surface area contributed by atoms with E-state index < -0.39 is 5.97 Å². The van der Waals surface area contributed by atoms with Crippen LogP contribution in [0, 0.1) is 0 Å². The molecule has 0 aromatic heterocycles. The number of carbonyl (C=O) groups excluding carboxylic acids is 1. The number of amides is 1. The molecular formula is C14H27N3O3. The minimum Gasteiger partial charge on any atom is -0.481 e. The van der Waals surface area contributed by atoms with E-state index in [1.54, 1.807) is 0 Å². The third-order valence-corrected chi connectivity index (χ3v) is 3.59. The number of carboxylic acid groups (broad SMARTS) is 1. The van der Waals surface area contributed by atoms with Gasteiger partial charge in [0.15, 0.2) is 0 Å². The number of rotatable bonds is 9. The summed E-state index contributed by atoms with van der Waals surface area (Å²) in [5.74, 6) is -0.808. The zero-order valence-electron chi connectivity index (χ0n) is 12.6. The molecule has 116 valence electrons. The molecule has 1 aliphatic rings. The minimum absolute atomic E-state index is 0.0149. The van der Waals surface area contributed by atoms with Crippen LogP contribution < -0.4 is 5.32 Å². The van der Waals surface area contributed by atoms with Gasteiger partial charge in [0.05, 0.1) is 13.0 Å². The van der Waals surface area contributed by atoms with Crippen molar-refractivity contribution < 1.29 is 14.7 Å². The third-order valence-electron chi connectivity index (χ3n) is 3.59. The van der Waals surface area contributed by atoms with Crippen LogP contribution in [0.5, 0.6) is 0 Å². The van der Waals surface area contributed by atoms with E-state index in [4.69, 9.17) is 5.11 Å². The quantitative estimate of drug-likeness (QED) is 0.641. The summed E-state index contributed by atoms with van der Waals surface area (Å²) in [6.07, 6.45) is 4.59. The molecule has 0 unspecified atom stereocenters. The number of likely N-dealkylation sites (N-methyl/N-ethyl adjacent to an activating group) is 1. The average molecular weight is 285 g/mol. The van der Waals surface area contributed by atoms with Crippen molar-refractivity contribution in [3.63, 3.8) is 0 Å². The molecule has 0 aromatic carbocycles. The van der Waals surface area contributed by atoms with Crippen LogP contribution in [-0.2, 0) is 9.59 Å². The first-order valence-electron chi connectivity index (χ1n) is 7.35. The van der Waals surface area contributed by atoms with Gasteiger partial charge < -0.3 is 15.3 Å². The summed E-state index contributed by atoms with van der Waals surface area (Å²) >= 11 is 0. The number of carbonyl (C=O) groups is 2. The predicted molar refractivity (Wildman–Crippen MR) is 77.6 cm³/mol. The highest BCUT2D eigenvalue weighted by Crippen LogP contribution is 2.17. The second-order valence-electron chi connectivity index (χ2n) is 5.77. The van der Waals surface area contributed by atoms with Crippen molar-refractivity contribution in [1.82, 2.24) is 15.1 Å². The lowest BCUT2D eigenvalue weighted by atomic mass is 10.2. The van der Waals surface area contributed by atoms with Crippen LogP contribution in [0.15, 0.2) is 0 Å². The largest absolute Gasteiger partial charge is 0.481 e. The van der Waals surface area contributed by atoms with E-state index in [0.29, 0.717) is 19.1 Å². The fraction of sp³-hybridized carbons (Fsp3) is 0.857. The molecule has 0 atom stereocenters. The first-order valence-corrected chi connectivity index (χ1v) is 7.35. The van der Waals surface area contributed by atoms with Gasteiger partial charge in [0, 0.05) is 25.7 Å². The summed E-state index contributed by atoms with van der Waals surface area (Å²) in [7, 11) is 3.93. The van der Waals surface area contributed by atoms with E-state index in [-0.39, 0.29) is 18.9 Å². The smallest absolute Gasteiger partial charge is 0.304 e. The molecule has 0 bridgehead atoms. The molecular weight excluding hydrogens is 258 g/mol. The average Bonchev–Trinajstić information content (AvgIpc) is 2.85. The van der Waals surface area contributed by atoms with Crippen LogP contribution in [0.2, 0.25) is 0 Å². The molecule has 1 rings (SSSR count). The third kappa shape index (κ3) is 7.45. The maximum absolute atomic E-state index is 12.0. The fourth-order valence-corrected chi connectivity index (χ4v) is 2.41. The van der Waals surface area contributed by atoms with Gasteiger partial charge in [0.2, 0.25) is 5.91 Å². The summed E-state index contributed by atoms with van der Waals surface area (Å²) < 4.78 is 0. The zero-order valence-corrected chi connectivity index (χ0v) is 12.6. The normalized spacial score (nSPS) is 16.0.